The van der Waals surface area contributed by atoms with E-state index in [4.69, 9.17) is 23.8 Å². The van der Waals surface area contributed by atoms with Crippen molar-refractivity contribution in [3.8, 4) is 17.2 Å². The Hall–Kier alpha value is -4.79. The van der Waals surface area contributed by atoms with Crippen LogP contribution >= 0.6 is 0 Å². The molecule has 1 aliphatic heterocycles. The quantitative estimate of drug-likeness (QED) is 0.114. The van der Waals surface area contributed by atoms with Crippen molar-refractivity contribution in [3.63, 3.8) is 0 Å². The van der Waals surface area contributed by atoms with Crippen molar-refractivity contribution in [3.05, 3.63) is 89.1 Å². The predicted molar refractivity (Wildman–Crippen MR) is 191 cm³/mol. The number of piperidine rings is 1. The molecule has 0 spiro atoms. The van der Waals surface area contributed by atoms with Crippen molar-refractivity contribution >= 4 is 22.8 Å². The number of carbonyl (C=O) groups excluding carboxylic acids is 2. The number of hydrogen-bond acceptors (Lipinski definition) is 9. The summed E-state index contributed by atoms with van der Waals surface area (Å²) in [5.74, 6) is 0.385. The van der Waals surface area contributed by atoms with Crippen LogP contribution in [0.25, 0.3) is 10.9 Å². The lowest BCUT2D eigenvalue weighted by atomic mass is 9.90. The van der Waals surface area contributed by atoms with Crippen LogP contribution in [0, 0.1) is 0 Å². The van der Waals surface area contributed by atoms with E-state index < -0.39 is 24.2 Å². The lowest BCUT2D eigenvalue weighted by Gasteiger charge is -2.39. The number of aromatic nitrogens is 1. The van der Waals surface area contributed by atoms with Crippen molar-refractivity contribution in [2.24, 2.45) is 0 Å². The zero-order valence-electron chi connectivity index (χ0n) is 30.6. The van der Waals surface area contributed by atoms with Gasteiger partial charge in [-0.15, -0.1) is 0 Å². The number of halogens is 3. The van der Waals surface area contributed by atoms with Crippen molar-refractivity contribution in [1.29, 1.82) is 0 Å². The number of rotatable bonds is 15. The highest BCUT2D eigenvalue weighted by molar-refractivity contribution is 5.98. The summed E-state index contributed by atoms with van der Waals surface area (Å²) >= 11 is 0. The number of likely N-dealkylation sites (tertiary alicyclic amines) is 1. The van der Waals surface area contributed by atoms with E-state index in [1.165, 1.54) is 52.8 Å². The highest BCUT2D eigenvalue weighted by Crippen LogP contribution is 2.45. The minimum absolute atomic E-state index is 0.181. The molecule has 4 aromatic rings. The van der Waals surface area contributed by atoms with Gasteiger partial charge in [-0.25, -0.2) is 5.06 Å². The molecule has 0 bridgehead atoms. The van der Waals surface area contributed by atoms with E-state index in [0.717, 1.165) is 16.2 Å². The van der Waals surface area contributed by atoms with E-state index in [1.807, 2.05) is 30.3 Å². The summed E-state index contributed by atoms with van der Waals surface area (Å²) < 4.78 is 69.5. The number of methoxy groups -OCH3 is 2. The maximum absolute atomic E-state index is 15.1. The van der Waals surface area contributed by atoms with Crippen LogP contribution < -0.4 is 14.2 Å². The number of fused-ring (bicyclic) bond motifs is 1. The van der Waals surface area contributed by atoms with E-state index in [9.17, 15) is 14.7 Å². The molecule has 1 unspecified atom stereocenters. The molecule has 1 aromatic heterocycles. The highest BCUT2D eigenvalue weighted by atomic mass is 19.4. The van der Waals surface area contributed by atoms with Gasteiger partial charge in [0.15, 0.2) is 11.5 Å². The third-order valence-corrected chi connectivity index (χ3v) is 9.51. The lowest BCUT2D eigenvalue weighted by molar-refractivity contribution is -0.272. The Bertz CT molecular complexity index is 1850. The van der Waals surface area contributed by atoms with E-state index in [2.05, 4.69) is 0 Å². The van der Waals surface area contributed by atoms with Gasteiger partial charge in [-0.05, 0) is 61.6 Å². The maximum Gasteiger partial charge on any atom is 0.422 e. The van der Waals surface area contributed by atoms with E-state index >= 15 is 13.2 Å². The van der Waals surface area contributed by atoms with Gasteiger partial charge in [0.05, 0.1) is 27.9 Å². The first-order valence-corrected chi connectivity index (χ1v) is 17.4. The molecule has 1 amide bonds. The second-order valence-electron chi connectivity index (χ2n) is 13.0. The average molecular weight is 742 g/mol. The molecule has 3 aromatic carbocycles. The zero-order chi connectivity index (χ0) is 38.3. The van der Waals surface area contributed by atoms with Crippen LogP contribution in [-0.4, -0.2) is 98.4 Å². The van der Waals surface area contributed by atoms with Crippen molar-refractivity contribution in [2.75, 3.05) is 54.6 Å². The molecule has 53 heavy (non-hydrogen) atoms. The smallest absolute Gasteiger partial charge is 0.422 e. The molecule has 1 atom stereocenters. The summed E-state index contributed by atoms with van der Waals surface area (Å²) in [7, 11) is 5.76. The predicted octanol–water partition coefficient (Wildman–Crippen LogP) is 6.13. The zero-order valence-corrected chi connectivity index (χ0v) is 30.6. The molecule has 11 nitrogen and oxygen atoms in total. The fourth-order valence-corrected chi connectivity index (χ4v) is 6.61. The summed E-state index contributed by atoms with van der Waals surface area (Å²) in [6.07, 6.45) is -2.73. The van der Waals surface area contributed by atoms with Gasteiger partial charge in [0, 0.05) is 67.9 Å². The molecular formula is C39H46F3N3O8. The minimum Gasteiger partial charge on any atom is -0.493 e. The molecule has 286 valence electrons. The van der Waals surface area contributed by atoms with Crippen LogP contribution in [0.15, 0.2) is 66.9 Å². The molecule has 0 aliphatic carbocycles. The number of esters is 1. The van der Waals surface area contributed by atoms with Crippen LogP contribution in [0.5, 0.6) is 17.2 Å². The van der Waals surface area contributed by atoms with Crippen LogP contribution in [0.4, 0.5) is 13.2 Å². The number of hydroxylamine groups is 2. The topological polar surface area (TPSA) is 112 Å². The summed E-state index contributed by atoms with van der Waals surface area (Å²) in [6, 6.07) is 17.1. The van der Waals surface area contributed by atoms with Crippen molar-refractivity contribution in [2.45, 2.75) is 57.0 Å². The molecule has 5 rings (SSSR count). The molecule has 0 radical (unpaired) electrons. The van der Waals surface area contributed by atoms with Gasteiger partial charge in [-0.3, -0.25) is 19.3 Å². The van der Waals surface area contributed by atoms with Crippen molar-refractivity contribution in [1.82, 2.24) is 14.5 Å². The van der Waals surface area contributed by atoms with Gasteiger partial charge >= 0.3 is 12.1 Å². The van der Waals surface area contributed by atoms with E-state index in [1.54, 1.807) is 28.5 Å². The number of ether oxygens (including phenoxy) is 4. The SMILES string of the molecule is CCOC(=O)CCc1cc(OC)c(OC2CCN(CC(O)(c3cn(Cc4ccccc4)c4cc(C(=O)N(C)OC)ccc34)C(F)(F)F)CC2)c(OC)c1. The molecule has 1 saturated heterocycles. The molecule has 1 fully saturated rings. The van der Waals surface area contributed by atoms with Gasteiger partial charge in [0.2, 0.25) is 11.4 Å². The number of aliphatic hydroxyl groups is 1. The standard InChI is InChI=1S/C39H46F3N3O8/c1-6-52-35(46)15-12-27-20-33(49-3)36(34(21-27)50-4)53-29-16-18-44(19-17-29)25-38(48,39(40,41)42)31-24-45(23-26-10-8-7-9-11-26)32-22-28(13-14-30(31)32)37(47)43(2)51-5/h7-11,13-14,20-22,24,29,48H,6,12,15-19,23,25H2,1-5H3. The number of carbonyl (C=O) groups is 2. The molecule has 0 saturated carbocycles. The summed E-state index contributed by atoms with van der Waals surface area (Å²) in [4.78, 5) is 31.4. The molecule has 1 aliphatic rings. The van der Waals surface area contributed by atoms with Gasteiger partial charge in [0.25, 0.3) is 5.91 Å². The third kappa shape index (κ3) is 8.89. The summed E-state index contributed by atoms with van der Waals surface area (Å²) in [6.45, 7) is 1.98. The molecular weight excluding hydrogens is 695 g/mol. The van der Waals surface area contributed by atoms with Crippen LogP contribution in [0.2, 0.25) is 0 Å². The monoisotopic (exact) mass is 741 g/mol. The minimum atomic E-state index is -5.03. The van der Waals surface area contributed by atoms with Crippen molar-refractivity contribution < 1.29 is 51.7 Å². The average Bonchev–Trinajstić information content (AvgIpc) is 3.52. The Morgan fingerprint density at radius 2 is 1.60 bits per heavy atom. The molecule has 1 N–H and O–H groups in total. The van der Waals surface area contributed by atoms with Crippen LogP contribution in [0.1, 0.15) is 53.2 Å². The summed E-state index contributed by atoms with van der Waals surface area (Å²) in [5, 5.41) is 13.0. The first-order valence-electron chi connectivity index (χ1n) is 17.4. The third-order valence-electron chi connectivity index (χ3n) is 9.51. The van der Waals surface area contributed by atoms with Gasteiger partial charge < -0.3 is 28.6 Å². The normalized spacial score (nSPS) is 15.2. The molecule has 2 heterocycles. The number of amides is 1. The fraction of sp³-hybridized carbons (Fsp3) is 0.436. The first-order chi connectivity index (χ1) is 25.3. The Morgan fingerprint density at radius 1 is 0.943 bits per heavy atom. The van der Waals surface area contributed by atoms with E-state index in [-0.39, 0.29) is 54.6 Å². The summed E-state index contributed by atoms with van der Waals surface area (Å²) in [5.41, 5.74) is -1.33. The van der Waals surface area contributed by atoms with Crippen LogP contribution in [-0.2, 0) is 32.9 Å². The number of alkyl halides is 3. The first kappa shape index (κ1) is 39.4. The van der Waals surface area contributed by atoms with Gasteiger partial charge in [-0.2, -0.15) is 13.2 Å². The Kier molecular flexibility index (Phi) is 12.6. The largest absolute Gasteiger partial charge is 0.493 e. The number of nitrogens with zero attached hydrogens (tertiary/aromatic N) is 3. The molecule has 14 heteroatoms. The van der Waals surface area contributed by atoms with Gasteiger partial charge in [0.1, 0.15) is 6.10 Å². The lowest BCUT2D eigenvalue weighted by Crippen LogP contribution is -2.53. The maximum atomic E-state index is 15.1. The Balaban J connectivity index is 1.38. The number of aryl methyl sites for hydroxylation is 1. The Labute approximate surface area is 306 Å². The second-order valence-corrected chi connectivity index (χ2v) is 13.0. The fourth-order valence-electron chi connectivity index (χ4n) is 6.61. The number of hydrogen-bond donors (Lipinski definition) is 1. The Morgan fingerprint density at radius 3 is 2.19 bits per heavy atom. The van der Waals surface area contributed by atoms with Gasteiger partial charge in [-0.1, -0.05) is 36.4 Å². The van der Waals surface area contributed by atoms with E-state index in [0.29, 0.717) is 48.6 Å². The number of β-amino-alcohol motifs (C(OH)–C–C–N with tert-alkyl or cyclic N) is 1. The number of benzene rings is 3. The van der Waals surface area contributed by atoms with Crippen LogP contribution in [0.3, 0.4) is 0 Å². The highest BCUT2D eigenvalue weighted by Gasteiger charge is 2.57. The second kappa shape index (κ2) is 16.9.